The van der Waals surface area contributed by atoms with Crippen LogP contribution in [0.25, 0.3) is 22.6 Å². The van der Waals surface area contributed by atoms with E-state index in [0.29, 0.717) is 17.0 Å². The molecule has 0 aliphatic rings. The summed E-state index contributed by atoms with van der Waals surface area (Å²) < 4.78 is 0. The van der Waals surface area contributed by atoms with Gasteiger partial charge in [0.1, 0.15) is 0 Å². The Bertz CT molecular complexity index is 971. The van der Waals surface area contributed by atoms with Crippen LogP contribution in [0.1, 0.15) is 16.1 Å². The van der Waals surface area contributed by atoms with Crippen molar-refractivity contribution in [2.45, 2.75) is 6.92 Å². The van der Waals surface area contributed by atoms with E-state index < -0.39 is 10.9 Å². The SMILES string of the molecule is Cc1nc(-c2ccccc2)nc(-c2cccc([N+](=O)[O-])c2)c1C(=O)[O-]. The van der Waals surface area contributed by atoms with E-state index in [1.165, 1.54) is 18.2 Å². The number of carbonyl (C=O) groups excluding carboxylic acids is 1. The third kappa shape index (κ3) is 3.20. The van der Waals surface area contributed by atoms with Gasteiger partial charge in [-0.05, 0) is 6.92 Å². The van der Waals surface area contributed by atoms with Crippen LogP contribution in [0, 0.1) is 17.0 Å². The molecule has 0 unspecified atom stereocenters. The maximum Gasteiger partial charge on any atom is 0.270 e. The molecule has 2 aromatic carbocycles. The molecule has 124 valence electrons. The number of carbonyl (C=O) groups is 1. The third-order valence-electron chi connectivity index (χ3n) is 3.66. The number of aryl methyl sites for hydroxylation is 1. The van der Waals surface area contributed by atoms with Crippen molar-refractivity contribution >= 4 is 11.7 Å². The monoisotopic (exact) mass is 334 g/mol. The molecule has 0 fully saturated rings. The van der Waals surface area contributed by atoms with Crippen LogP contribution in [-0.4, -0.2) is 20.9 Å². The lowest BCUT2D eigenvalue weighted by molar-refractivity contribution is -0.384. The van der Waals surface area contributed by atoms with Gasteiger partial charge in [0.05, 0.1) is 22.3 Å². The number of non-ortho nitro benzene ring substituents is 1. The molecule has 0 aliphatic heterocycles. The molecule has 1 aromatic heterocycles. The Labute approximate surface area is 142 Å². The summed E-state index contributed by atoms with van der Waals surface area (Å²) in [6, 6.07) is 14.7. The molecule has 3 aromatic rings. The smallest absolute Gasteiger partial charge is 0.270 e. The van der Waals surface area contributed by atoms with Crippen LogP contribution in [-0.2, 0) is 0 Å². The van der Waals surface area contributed by atoms with Crippen LogP contribution in [0.5, 0.6) is 0 Å². The van der Waals surface area contributed by atoms with E-state index in [9.17, 15) is 20.0 Å². The molecule has 0 spiro atoms. The summed E-state index contributed by atoms with van der Waals surface area (Å²) in [6.07, 6.45) is 0. The first kappa shape index (κ1) is 16.3. The first-order chi connectivity index (χ1) is 12.0. The van der Waals surface area contributed by atoms with Gasteiger partial charge < -0.3 is 9.90 Å². The highest BCUT2D eigenvalue weighted by Crippen LogP contribution is 2.28. The number of hydrogen-bond donors (Lipinski definition) is 0. The maximum absolute atomic E-state index is 11.6. The number of nitro benzene ring substituents is 1. The summed E-state index contributed by atoms with van der Waals surface area (Å²) >= 11 is 0. The first-order valence-electron chi connectivity index (χ1n) is 7.37. The number of benzene rings is 2. The van der Waals surface area contributed by atoms with Crippen LogP contribution >= 0.6 is 0 Å². The number of nitrogens with zero attached hydrogens (tertiary/aromatic N) is 3. The Hall–Kier alpha value is -3.61. The Morgan fingerprint density at radius 2 is 1.68 bits per heavy atom. The molecule has 0 saturated carbocycles. The second-order valence-electron chi connectivity index (χ2n) is 5.32. The molecular formula is C18H12N3O4-. The zero-order valence-corrected chi connectivity index (χ0v) is 13.2. The summed E-state index contributed by atoms with van der Waals surface area (Å²) in [6.45, 7) is 1.54. The Balaban J connectivity index is 2.26. The second kappa shape index (κ2) is 6.48. The molecular weight excluding hydrogens is 322 g/mol. The largest absolute Gasteiger partial charge is 0.545 e. The molecule has 25 heavy (non-hydrogen) atoms. The molecule has 7 heteroatoms. The average molecular weight is 334 g/mol. The fourth-order valence-corrected chi connectivity index (χ4v) is 2.51. The molecule has 3 rings (SSSR count). The summed E-state index contributed by atoms with van der Waals surface area (Å²) in [5.74, 6) is -1.09. The highest BCUT2D eigenvalue weighted by atomic mass is 16.6. The van der Waals surface area contributed by atoms with Crippen LogP contribution in [0.3, 0.4) is 0 Å². The van der Waals surface area contributed by atoms with Crippen molar-refractivity contribution in [1.82, 2.24) is 9.97 Å². The normalized spacial score (nSPS) is 10.4. The van der Waals surface area contributed by atoms with Crippen LogP contribution in [0.2, 0.25) is 0 Å². The average Bonchev–Trinajstić information content (AvgIpc) is 2.61. The lowest BCUT2D eigenvalue weighted by atomic mass is 10.0. The lowest BCUT2D eigenvalue weighted by Crippen LogP contribution is -2.25. The minimum atomic E-state index is -1.43. The molecule has 0 bridgehead atoms. The van der Waals surface area contributed by atoms with Gasteiger partial charge in [0.2, 0.25) is 0 Å². The van der Waals surface area contributed by atoms with Gasteiger partial charge in [0.15, 0.2) is 5.82 Å². The minimum Gasteiger partial charge on any atom is -0.545 e. The maximum atomic E-state index is 11.6. The van der Waals surface area contributed by atoms with Crippen LogP contribution in [0.4, 0.5) is 5.69 Å². The lowest BCUT2D eigenvalue weighted by Gasteiger charge is -2.14. The zero-order valence-electron chi connectivity index (χ0n) is 13.2. The van der Waals surface area contributed by atoms with Gasteiger partial charge in [0.25, 0.3) is 5.69 Å². The van der Waals surface area contributed by atoms with E-state index in [0.717, 1.165) is 0 Å². The summed E-state index contributed by atoms with van der Waals surface area (Å²) in [7, 11) is 0. The van der Waals surface area contributed by atoms with Crippen molar-refractivity contribution < 1.29 is 14.8 Å². The van der Waals surface area contributed by atoms with Crippen molar-refractivity contribution in [3.8, 4) is 22.6 Å². The molecule has 7 nitrogen and oxygen atoms in total. The summed E-state index contributed by atoms with van der Waals surface area (Å²) in [5, 5.41) is 22.6. The standard InChI is InChI=1S/C18H13N3O4/c1-11-15(18(22)23)16(13-8-5-9-14(10-13)21(24)25)20-17(19-11)12-6-3-2-4-7-12/h2-10H,1H3,(H,22,23)/p-1. The van der Waals surface area contributed by atoms with E-state index >= 15 is 0 Å². The zero-order chi connectivity index (χ0) is 18.0. The predicted octanol–water partition coefficient (Wildman–Crippen LogP) is 2.39. The van der Waals surface area contributed by atoms with E-state index in [-0.39, 0.29) is 22.6 Å². The van der Waals surface area contributed by atoms with Gasteiger partial charge in [-0.3, -0.25) is 10.1 Å². The summed E-state index contributed by atoms with van der Waals surface area (Å²) in [4.78, 5) is 30.6. The second-order valence-corrected chi connectivity index (χ2v) is 5.32. The van der Waals surface area contributed by atoms with Crippen molar-refractivity contribution in [3.05, 3.63) is 76.0 Å². The molecule has 1 heterocycles. The molecule has 0 atom stereocenters. The Morgan fingerprint density at radius 3 is 2.32 bits per heavy atom. The minimum absolute atomic E-state index is 0.0926. The Morgan fingerprint density at radius 1 is 1.00 bits per heavy atom. The third-order valence-corrected chi connectivity index (χ3v) is 3.66. The number of carboxylic acid groups (broad SMARTS) is 1. The molecule has 0 N–H and O–H groups in total. The predicted molar refractivity (Wildman–Crippen MR) is 88.6 cm³/mol. The van der Waals surface area contributed by atoms with Gasteiger partial charge in [-0.1, -0.05) is 42.5 Å². The van der Waals surface area contributed by atoms with E-state index in [4.69, 9.17) is 0 Å². The number of aromatic nitrogens is 2. The molecule has 0 amide bonds. The van der Waals surface area contributed by atoms with E-state index in [1.54, 1.807) is 25.1 Å². The quantitative estimate of drug-likeness (QED) is 0.535. The Kier molecular flexibility index (Phi) is 4.21. The fraction of sp³-hybridized carbons (Fsp3) is 0.0556. The molecule has 0 radical (unpaired) electrons. The highest BCUT2D eigenvalue weighted by Gasteiger charge is 2.17. The van der Waals surface area contributed by atoms with Gasteiger partial charge in [-0.25, -0.2) is 9.97 Å². The van der Waals surface area contributed by atoms with E-state index in [1.807, 2.05) is 18.2 Å². The van der Waals surface area contributed by atoms with Crippen LogP contribution in [0.15, 0.2) is 54.6 Å². The van der Waals surface area contributed by atoms with Gasteiger partial charge in [-0.2, -0.15) is 0 Å². The molecule has 0 saturated heterocycles. The topological polar surface area (TPSA) is 109 Å². The van der Waals surface area contributed by atoms with Crippen LogP contribution < -0.4 is 5.11 Å². The number of hydrogen-bond acceptors (Lipinski definition) is 6. The highest BCUT2D eigenvalue weighted by molar-refractivity contribution is 5.95. The van der Waals surface area contributed by atoms with Crippen molar-refractivity contribution in [1.29, 1.82) is 0 Å². The number of nitro groups is 1. The number of rotatable bonds is 4. The number of aromatic carboxylic acids is 1. The van der Waals surface area contributed by atoms with Gasteiger partial charge in [0, 0.05) is 28.8 Å². The van der Waals surface area contributed by atoms with E-state index in [2.05, 4.69) is 9.97 Å². The van der Waals surface area contributed by atoms with Crippen molar-refractivity contribution in [2.24, 2.45) is 0 Å². The van der Waals surface area contributed by atoms with Crippen molar-refractivity contribution in [3.63, 3.8) is 0 Å². The first-order valence-corrected chi connectivity index (χ1v) is 7.37. The van der Waals surface area contributed by atoms with Gasteiger partial charge >= 0.3 is 0 Å². The fourth-order valence-electron chi connectivity index (χ4n) is 2.51. The number of carboxylic acids is 1. The van der Waals surface area contributed by atoms with Crippen molar-refractivity contribution in [2.75, 3.05) is 0 Å². The molecule has 0 aliphatic carbocycles. The summed E-state index contributed by atoms with van der Waals surface area (Å²) in [5.41, 5.74) is 1.02. The van der Waals surface area contributed by atoms with Gasteiger partial charge in [-0.15, -0.1) is 0 Å².